The van der Waals surface area contributed by atoms with E-state index >= 15 is 0 Å². The van der Waals surface area contributed by atoms with E-state index in [1.807, 2.05) is 13.8 Å². The van der Waals surface area contributed by atoms with Crippen molar-refractivity contribution in [2.75, 3.05) is 11.9 Å². The van der Waals surface area contributed by atoms with E-state index in [2.05, 4.69) is 10.6 Å². The van der Waals surface area contributed by atoms with Gasteiger partial charge in [-0.05, 0) is 23.6 Å². The summed E-state index contributed by atoms with van der Waals surface area (Å²) in [4.78, 5) is 34.2. The van der Waals surface area contributed by atoms with E-state index in [1.165, 1.54) is 6.92 Å². The van der Waals surface area contributed by atoms with Gasteiger partial charge in [-0.1, -0.05) is 26.0 Å². The van der Waals surface area contributed by atoms with Crippen molar-refractivity contribution < 1.29 is 19.1 Å². The van der Waals surface area contributed by atoms with Crippen LogP contribution in [0.5, 0.6) is 0 Å². The second-order valence-corrected chi connectivity index (χ2v) is 5.51. The first-order valence-electron chi connectivity index (χ1n) is 7.35. The Morgan fingerprint density at radius 3 is 2.30 bits per heavy atom. The summed E-state index contributed by atoms with van der Waals surface area (Å²) in [5.74, 6) is -1.05. The lowest BCUT2D eigenvalue weighted by atomic mass is 10.1. The molecule has 0 aliphatic carbocycles. The van der Waals surface area contributed by atoms with Crippen LogP contribution in [0.3, 0.4) is 0 Å². The maximum Gasteiger partial charge on any atom is 0.302 e. The number of ether oxygens (including phenoxy) is 1. The molecule has 4 N–H and O–H groups in total. The third-order valence-electron chi connectivity index (χ3n) is 3.12. The summed E-state index contributed by atoms with van der Waals surface area (Å²) >= 11 is 0. The highest BCUT2D eigenvalue weighted by atomic mass is 16.5. The summed E-state index contributed by atoms with van der Waals surface area (Å²) < 4.78 is 4.87. The van der Waals surface area contributed by atoms with Crippen LogP contribution >= 0.6 is 0 Å². The molecule has 2 amide bonds. The summed E-state index contributed by atoms with van der Waals surface area (Å²) in [6.07, 6.45) is 0. The van der Waals surface area contributed by atoms with E-state index in [-0.39, 0.29) is 36.9 Å². The molecule has 0 heterocycles. The van der Waals surface area contributed by atoms with Crippen LogP contribution in [0.15, 0.2) is 24.3 Å². The number of nitrogens with two attached hydrogens (primary N) is 1. The summed E-state index contributed by atoms with van der Waals surface area (Å²) in [5, 5.41) is 5.15. The summed E-state index contributed by atoms with van der Waals surface area (Å²) in [5.41, 5.74) is 7.09. The predicted octanol–water partition coefficient (Wildman–Crippen LogP) is 0.788. The molecule has 0 aliphatic heterocycles. The van der Waals surface area contributed by atoms with Crippen LogP contribution in [-0.4, -0.2) is 30.4 Å². The Morgan fingerprint density at radius 2 is 1.78 bits per heavy atom. The zero-order chi connectivity index (χ0) is 17.4. The number of anilines is 1. The number of hydrogen-bond acceptors (Lipinski definition) is 5. The van der Waals surface area contributed by atoms with Crippen molar-refractivity contribution in [3.8, 4) is 0 Å². The van der Waals surface area contributed by atoms with Crippen LogP contribution < -0.4 is 16.4 Å². The SMILES string of the molecule is CC(=O)OCc1ccc(NC(=O)CNC(=O)C(N)C(C)C)cc1. The number of benzene rings is 1. The van der Waals surface area contributed by atoms with Crippen LogP contribution in [0, 0.1) is 5.92 Å². The van der Waals surface area contributed by atoms with Gasteiger partial charge in [-0.25, -0.2) is 0 Å². The van der Waals surface area contributed by atoms with Crippen LogP contribution in [0.4, 0.5) is 5.69 Å². The van der Waals surface area contributed by atoms with Gasteiger partial charge in [0.1, 0.15) is 6.61 Å². The second kappa shape index (κ2) is 8.89. The highest BCUT2D eigenvalue weighted by molar-refractivity contribution is 5.95. The molecule has 1 aromatic rings. The van der Waals surface area contributed by atoms with Gasteiger partial charge in [-0.3, -0.25) is 14.4 Å². The fourth-order valence-electron chi connectivity index (χ4n) is 1.66. The van der Waals surface area contributed by atoms with E-state index in [0.717, 1.165) is 5.56 Å². The topological polar surface area (TPSA) is 111 Å². The van der Waals surface area contributed by atoms with Gasteiger partial charge in [0, 0.05) is 12.6 Å². The molecule has 23 heavy (non-hydrogen) atoms. The van der Waals surface area contributed by atoms with Crippen molar-refractivity contribution in [1.82, 2.24) is 5.32 Å². The molecule has 0 saturated heterocycles. The third kappa shape index (κ3) is 6.92. The number of hydrogen-bond donors (Lipinski definition) is 3. The van der Waals surface area contributed by atoms with Gasteiger partial charge in [-0.2, -0.15) is 0 Å². The van der Waals surface area contributed by atoms with E-state index in [1.54, 1.807) is 24.3 Å². The maximum atomic E-state index is 11.8. The van der Waals surface area contributed by atoms with E-state index in [0.29, 0.717) is 5.69 Å². The first-order valence-corrected chi connectivity index (χ1v) is 7.35. The number of rotatable bonds is 7. The Hall–Kier alpha value is -2.41. The minimum absolute atomic E-state index is 0.00262. The fraction of sp³-hybridized carbons (Fsp3) is 0.438. The molecular weight excluding hydrogens is 298 g/mol. The third-order valence-corrected chi connectivity index (χ3v) is 3.12. The molecule has 0 saturated carbocycles. The average Bonchev–Trinajstić information content (AvgIpc) is 2.51. The van der Waals surface area contributed by atoms with Crippen LogP contribution in [0.1, 0.15) is 26.3 Å². The first-order chi connectivity index (χ1) is 10.8. The Bertz CT molecular complexity index is 555. The summed E-state index contributed by atoms with van der Waals surface area (Å²) in [6, 6.07) is 6.23. The van der Waals surface area contributed by atoms with Crippen molar-refractivity contribution in [3.05, 3.63) is 29.8 Å². The van der Waals surface area contributed by atoms with Gasteiger partial charge in [0.05, 0.1) is 12.6 Å². The number of carbonyl (C=O) groups excluding carboxylic acids is 3. The number of esters is 1. The van der Waals surface area contributed by atoms with Crippen molar-refractivity contribution in [1.29, 1.82) is 0 Å². The molecule has 126 valence electrons. The van der Waals surface area contributed by atoms with Gasteiger partial charge < -0.3 is 21.1 Å². The lowest BCUT2D eigenvalue weighted by Crippen LogP contribution is -2.46. The Balaban J connectivity index is 2.42. The summed E-state index contributed by atoms with van der Waals surface area (Å²) in [7, 11) is 0. The van der Waals surface area contributed by atoms with Crippen molar-refractivity contribution in [2.24, 2.45) is 11.7 Å². The molecule has 1 rings (SSSR count). The quantitative estimate of drug-likeness (QED) is 0.643. The Kier molecular flexibility index (Phi) is 7.21. The maximum absolute atomic E-state index is 11.8. The number of carbonyl (C=O) groups is 3. The Morgan fingerprint density at radius 1 is 1.17 bits per heavy atom. The minimum Gasteiger partial charge on any atom is -0.461 e. The molecule has 7 nitrogen and oxygen atoms in total. The van der Waals surface area contributed by atoms with Crippen molar-refractivity contribution >= 4 is 23.5 Å². The molecule has 0 radical (unpaired) electrons. The zero-order valence-electron chi connectivity index (χ0n) is 13.6. The highest BCUT2D eigenvalue weighted by Gasteiger charge is 2.17. The molecular formula is C16H23N3O4. The number of amides is 2. The van der Waals surface area contributed by atoms with E-state index < -0.39 is 6.04 Å². The number of nitrogens with one attached hydrogen (secondary N) is 2. The average molecular weight is 321 g/mol. The largest absolute Gasteiger partial charge is 0.461 e. The van der Waals surface area contributed by atoms with Crippen LogP contribution in [0.25, 0.3) is 0 Å². The monoisotopic (exact) mass is 321 g/mol. The standard InChI is InChI=1S/C16H23N3O4/c1-10(2)15(17)16(22)18-8-14(21)19-13-6-4-12(5-7-13)9-23-11(3)20/h4-7,10,15H,8-9,17H2,1-3H3,(H,18,22)(H,19,21). The lowest BCUT2D eigenvalue weighted by molar-refractivity contribution is -0.142. The molecule has 0 aliphatic rings. The molecule has 1 aromatic carbocycles. The van der Waals surface area contributed by atoms with Crippen LogP contribution in [0.2, 0.25) is 0 Å². The van der Waals surface area contributed by atoms with Crippen LogP contribution in [-0.2, 0) is 25.7 Å². The lowest BCUT2D eigenvalue weighted by Gasteiger charge is -2.15. The normalized spacial score (nSPS) is 11.7. The molecule has 7 heteroatoms. The fourth-order valence-corrected chi connectivity index (χ4v) is 1.66. The molecule has 0 spiro atoms. The molecule has 0 fully saturated rings. The molecule has 0 aromatic heterocycles. The summed E-state index contributed by atoms with van der Waals surface area (Å²) in [6.45, 7) is 5.05. The van der Waals surface area contributed by atoms with E-state index in [9.17, 15) is 14.4 Å². The minimum atomic E-state index is -0.636. The van der Waals surface area contributed by atoms with Gasteiger partial charge >= 0.3 is 5.97 Å². The molecule has 1 unspecified atom stereocenters. The first kappa shape index (κ1) is 18.6. The van der Waals surface area contributed by atoms with Gasteiger partial charge in [-0.15, -0.1) is 0 Å². The molecule has 0 bridgehead atoms. The smallest absolute Gasteiger partial charge is 0.302 e. The van der Waals surface area contributed by atoms with Gasteiger partial charge in [0.25, 0.3) is 0 Å². The zero-order valence-corrected chi connectivity index (χ0v) is 13.6. The van der Waals surface area contributed by atoms with Gasteiger partial charge in [0.2, 0.25) is 11.8 Å². The van der Waals surface area contributed by atoms with Crippen molar-refractivity contribution in [3.63, 3.8) is 0 Å². The second-order valence-electron chi connectivity index (χ2n) is 5.51. The molecule has 1 atom stereocenters. The highest BCUT2D eigenvalue weighted by Crippen LogP contribution is 2.10. The van der Waals surface area contributed by atoms with Gasteiger partial charge in [0.15, 0.2) is 0 Å². The Labute approximate surface area is 135 Å². The predicted molar refractivity (Wildman–Crippen MR) is 86.4 cm³/mol. The van der Waals surface area contributed by atoms with E-state index in [4.69, 9.17) is 10.5 Å². The van der Waals surface area contributed by atoms with Crippen molar-refractivity contribution in [2.45, 2.75) is 33.4 Å².